The van der Waals surface area contributed by atoms with E-state index in [0.29, 0.717) is 25.2 Å². The van der Waals surface area contributed by atoms with Crippen molar-refractivity contribution in [2.45, 2.75) is 24.2 Å². The van der Waals surface area contributed by atoms with Gasteiger partial charge in [-0.15, -0.1) is 0 Å². The lowest BCUT2D eigenvalue weighted by Gasteiger charge is -2.15. The zero-order valence-electron chi connectivity index (χ0n) is 15.0. The Labute approximate surface area is 162 Å². The highest BCUT2D eigenvalue weighted by atomic mass is 32.2. The molecule has 0 atom stereocenters. The minimum absolute atomic E-state index is 0.0163. The second-order valence-electron chi connectivity index (χ2n) is 6.42. The predicted molar refractivity (Wildman–Crippen MR) is 103 cm³/mol. The molecule has 7 nitrogen and oxygen atoms in total. The van der Waals surface area contributed by atoms with Crippen LogP contribution in [0.5, 0.6) is 0 Å². The van der Waals surface area contributed by atoms with Gasteiger partial charge in [0.1, 0.15) is 5.82 Å². The van der Waals surface area contributed by atoms with E-state index in [1.807, 2.05) is 0 Å². The number of likely N-dealkylation sites (tertiary alicyclic amines) is 1. The minimum Gasteiger partial charge on any atom is -0.342 e. The number of nitrogens with zero attached hydrogens (tertiary/aromatic N) is 1. The van der Waals surface area contributed by atoms with Crippen molar-refractivity contribution in [3.05, 3.63) is 54.3 Å². The molecular formula is C19H20FN3O4S. The van der Waals surface area contributed by atoms with Crippen LogP contribution in [-0.4, -0.2) is 38.2 Å². The van der Waals surface area contributed by atoms with E-state index >= 15 is 0 Å². The summed E-state index contributed by atoms with van der Waals surface area (Å²) in [6.07, 6.45) is 1.52. The van der Waals surface area contributed by atoms with Gasteiger partial charge in [0.15, 0.2) is 0 Å². The average molecular weight is 405 g/mol. The first-order valence-corrected chi connectivity index (χ1v) is 10.3. The number of amides is 2. The van der Waals surface area contributed by atoms with Gasteiger partial charge in [0, 0.05) is 31.6 Å². The topological polar surface area (TPSA) is 95.6 Å². The molecule has 0 spiro atoms. The van der Waals surface area contributed by atoms with Crippen LogP contribution in [0.1, 0.15) is 19.3 Å². The molecule has 148 valence electrons. The van der Waals surface area contributed by atoms with Crippen LogP contribution < -0.4 is 10.0 Å². The fourth-order valence-electron chi connectivity index (χ4n) is 2.88. The third kappa shape index (κ3) is 5.07. The molecule has 2 amide bonds. The molecule has 0 aliphatic carbocycles. The summed E-state index contributed by atoms with van der Waals surface area (Å²) in [5.74, 6) is -0.741. The smallest absolute Gasteiger partial charge is 0.261 e. The van der Waals surface area contributed by atoms with E-state index in [9.17, 15) is 22.4 Å². The first-order chi connectivity index (χ1) is 13.3. The normalized spacial score (nSPS) is 14.2. The molecule has 1 aliphatic rings. The fourth-order valence-corrected chi connectivity index (χ4v) is 3.93. The Morgan fingerprint density at radius 3 is 2.50 bits per heavy atom. The molecule has 0 aromatic heterocycles. The molecule has 1 heterocycles. The zero-order valence-corrected chi connectivity index (χ0v) is 15.8. The van der Waals surface area contributed by atoms with Gasteiger partial charge < -0.3 is 10.2 Å². The van der Waals surface area contributed by atoms with E-state index < -0.39 is 15.8 Å². The first-order valence-electron chi connectivity index (χ1n) is 8.79. The number of anilines is 2. The van der Waals surface area contributed by atoms with Crippen molar-refractivity contribution >= 4 is 33.2 Å². The van der Waals surface area contributed by atoms with Gasteiger partial charge >= 0.3 is 0 Å². The molecule has 0 unspecified atom stereocenters. The second kappa shape index (κ2) is 8.39. The van der Waals surface area contributed by atoms with E-state index in [-0.39, 0.29) is 28.8 Å². The average Bonchev–Trinajstić information content (AvgIpc) is 3.05. The summed E-state index contributed by atoms with van der Waals surface area (Å²) < 4.78 is 40.2. The first kappa shape index (κ1) is 19.8. The maximum absolute atomic E-state index is 13.2. The Morgan fingerprint density at radius 2 is 1.86 bits per heavy atom. The number of carbonyl (C=O) groups excluding carboxylic acids is 2. The van der Waals surface area contributed by atoms with E-state index in [2.05, 4.69) is 10.0 Å². The summed E-state index contributed by atoms with van der Waals surface area (Å²) in [7, 11) is -3.88. The molecule has 1 fully saturated rings. The molecule has 1 saturated heterocycles. The van der Waals surface area contributed by atoms with E-state index in [1.54, 1.807) is 4.90 Å². The zero-order chi connectivity index (χ0) is 20.1. The lowest BCUT2D eigenvalue weighted by Crippen LogP contribution is -2.28. The van der Waals surface area contributed by atoms with Crippen molar-refractivity contribution in [2.24, 2.45) is 0 Å². The molecule has 9 heteroatoms. The number of carbonyl (C=O) groups is 2. The third-order valence-electron chi connectivity index (χ3n) is 4.31. The molecule has 2 N–H and O–H groups in total. The maximum atomic E-state index is 13.2. The number of sulfonamides is 1. The highest BCUT2D eigenvalue weighted by Gasteiger charge is 2.20. The van der Waals surface area contributed by atoms with Crippen molar-refractivity contribution in [1.82, 2.24) is 4.90 Å². The van der Waals surface area contributed by atoms with Crippen LogP contribution in [0.15, 0.2) is 53.4 Å². The summed E-state index contributed by atoms with van der Waals surface area (Å²) in [5.41, 5.74) is 0.566. The molecule has 0 bridgehead atoms. The van der Waals surface area contributed by atoms with E-state index in [1.165, 1.54) is 42.5 Å². The number of rotatable bonds is 7. The van der Waals surface area contributed by atoms with Gasteiger partial charge in [-0.25, -0.2) is 12.8 Å². The lowest BCUT2D eigenvalue weighted by atomic mass is 10.3. The Bertz CT molecular complexity index is 977. The van der Waals surface area contributed by atoms with Crippen molar-refractivity contribution in [2.75, 3.05) is 23.1 Å². The van der Waals surface area contributed by atoms with Gasteiger partial charge in [-0.3, -0.25) is 14.3 Å². The highest BCUT2D eigenvalue weighted by Crippen LogP contribution is 2.19. The Balaban J connectivity index is 1.57. The van der Waals surface area contributed by atoms with Crippen molar-refractivity contribution in [3.8, 4) is 0 Å². The van der Waals surface area contributed by atoms with Gasteiger partial charge in [-0.2, -0.15) is 0 Å². The SMILES string of the molecule is O=C(CCN1CCCC1=O)Nc1ccc(S(=O)(=O)Nc2cccc(F)c2)cc1. The molecule has 28 heavy (non-hydrogen) atoms. The van der Waals surface area contributed by atoms with Crippen molar-refractivity contribution in [1.29, 1.82) is 0 Å². The number of hydrogen-bond donors (Lipinski definition) is 2. The summed E-state index contributed by atoms with van der Waals surface area (Å²) >= 11 is 0. The molecular weight excluding hydrogens is 385 g/mol. The predicted octanol–water partition coefficient (Wildman–Crippen LogP) is 2.58. The van der Waals surface area contributed by atoms with Crippen LogP contribution in [-0.2, 0) is 19.6 Å². The van der Waals surface area contributed by atoms with Crippen molar-refractivity contribution < 1.29 is 22.4 Å². The van der Waals surface area contributed by atoms with Crippen molar-refractivity contribution in [3.63, 3.8) is 0 Å². The van der Waals surface area contributed by atoms with Gasteiger partial charge in [0.2, 0.25) is 11.8 Å². The summed E-state index contributed by atoms with van der Waals surface area (Å²) in [6, 6.07) is 10.8. The van der Waals surface area contributed by atoms with Crippen LogP contribution in [0.3, 0.4) is 0 Å². The minimum atomic E-state index is -3.88. The van der Waals surface area contributed by atoms with Crippen LogP contribution >= 0.6 is 0 Å². The quantitative estimate of drug-likeness (QED) is 0.740. The molecule has 2 aromatic rings. The van der Waals surface area contributed by atoms with Crippen LogP contribution in [0.25, 0.3) is 0 Å². The van der Waals surface area contributed by atoms with Crippen LogP contribution in [0.4, 0.5) is 15.8 Å². The highest BCUT2D eigenvalue weighted by molar-refractivity contribution is 7.92. The molecule has 3 rings (SSSR count). The van der Waals surface area contributed by atoms with E-state index in [0.717, 1.165) is 12.5 Å². The fraction of sp³-hybridized carbons (Fsp3) is 0.263. The Kier molecular flexibility index (Phi) is 5.93. The second-order valence-corrected chi connectivity index (χ2v) is 8.11. The molecule has 1 aliphatic heterocycles. The number of benzene rings is 2. The van der Waals surface area contributed by atoms with Gasteiger partial charge in [-0.1, -0.05) is 6.07 Å². The Hall–Kier alpha value is -2.94. The third-order valence-corrected chi connectivity index (χ3v) is 5.70. The van der Waals surface area contributed by atoms with Gasteiger partial charge in [-0.05, 0) is 48.9 Å². The number of hydrogen-bond acceptors (Lipinski definition) is 4. The van der Waals surface area contributed by atoms with Gasteiger partial charge in [0.25, 0.3) is 10.0 Å². The van der Waals surface area contributed by atoms with E-state index in [4.69, 9.17) is 0 Å². The Morgan fingerprint density at radius 1 is 1.11 bits per heavy atom. The molecule has 2 aromatic carbocycles. The summed E-state index contributed by atoms with van der Waals surface area (Å²) in [5, 5.41) is 2.67. The van der Waals surface area contributed by atoms with Crippen LogP contribution in [0.2, 0.25) is 0 Å². The lowest BCUT2D eigenvalue weighted by molar-refractivity contribution is -0.128. The molecule has 0 radical (unpaired) electrons. The number of nitrogens with one attached hydrogen (secondary N) is 2. The standard InChI is InChI=1S/C19H20FN3O4S/c20-14-3-1-4-16(13-14)22-28(26,27)17-8-6-15(7-9-17)21-18(24)10-12-23-11-2-5-19(23)25/h1,3-4,6-9,13,22H,2,5,10-12H2,(H,21,24). The largest absolute Gasteiger partial charge is 0.342 e. The van der Waals surface area contributed by atoms with Crippen LogP contribution in [0, 0.1) is 5.82 Å². The number of halogens is 1. The maximum Gasteiger partial charge on any atom is 0.261 e. The summed E-state index contributed by atoms with van der Waals surface area (Å²) in [4.78, 5) is 25.2. The van der Waals surface area contributed by atoms with Gasteiger partial charge in [0.05, 0.1) is 10.6 Å². The summed E-state index contributed by atoms with van der Waals surface area (Å²) in [6.45, 7) is 1.05. The monoisotopic (exact) mass is 405 g/mol. The molecule has 0 saturated carbocycles.